The Bertz CT molecular complexity index is 972. The Balaban J connectivity index is 1.42. The Morgan fingerprint density at radius 1 is 1.11 bits per heavy atom. The number of carbonyl (C=O) groups is 1. The molecule has 0 spiro atoms. The van der Waals surface area contributed by atoms with Crippen LogP contribution < -0.4 is 0 Å². The molecule has 6 heteroatoms. The number of nitro benzene ring substituents is 1. The number of amides is 1. The van der Waals surface area contributed by atoms with Gasteiger partial charge in [-0.15, -0.1) is 0 Å². The average Bonchev–Trinajstić information content (AvgIpc) is 3.12. The molecule has 3 aromatic rings. The van der Waals surface area contributed by atoms with Crippen molar-refractivity contribution in [2.24, 2.45) is 5.92 Å². The number of piperidine rings is 1. The number of likely N-dealkylation sites (tertiary alicyclic amines) is 1. The van der Waals surface area contributed by atoms with Gasteiger partial charge < -0.3 is 9.32 Å². The molecule has 0 saturated carbocycles. The van der Waals surface area contributed by atoms with Crippen molar-refractivity contribution in [3.63, 3.8) is 0 Å². The monoisotopic (exact) mass is 364 g/mol. The molecule has 138 valence electrons. The van der Waals surface area contributed by atoms with E-state index in [1.54, 1.807) is 6.07 Å². The van der Waals surface area contributed by atoms with Crippen LogP contribution in [0.3, 0.4) is 0 Å². The first-order chi connectivity index (χ1) is 13.1. The number of hydrogen-bond acceptors (Lipinski definition) is 4. The molecular weight excluding hydrogens is 344 g/mol. The molecule has 1 aliphatic rings. The second-order valence-corrected chi connectivity index (χ2v) is 7.02. The van der Waals surface area contributed by atoms with E-state index in [9.17, 15) is 14.9 Å². The van der Waals surface area contributed by atoms with Crippen molar-refractivity contribution < 1.29 is 14.1 Å². The fraction of sp³-hybridized carbons (Fsp3) is 0.286. The molecule has 1 fully saturated rings. The molecule has 27 heavy (non-hydrogen) atoms. The molecule has 2 heterocycles. The maximum atomic E-state index is 12.8. The van der Waals surface area contributed by atoms with Gasteiger partial charge in [0, 0.05) is 30.6 Å². The van der Waals surface area contributed by atoms with E-state index >= 15 is 0 Å². The summed E-state index contributed by atoms with van der Waals surface area (Å²) in [5, 5.41) is 11.5. The Labute approximate surface area is 156 Å². The summed E-state index contributed by atoms with van der Waals surface area (Å²) in [7, 11) is 0. The first-order valence-electron chi connectivity index (χ1n) is 9.11. The lowest BCUT2D eigenvalue weighted by atomic mass is 9.90. The van der Waals surface area contributed by atoms with Crippen molar-refractivity contribution in [2.75, 3.05) is 13.1 Å². The van der Waals surface area contributed by atoms with Gasteiger partial charge in [0.25, 0.3) is 11.6 Å². The number of benzene rings is 2. The summed E-state index contributed by atoms with van der Waals surface area (Å²) < 4.78 is 5.63. The van der Waals surface area contributed by atoms with Gasteiger partial charge >= 0.3 is 0 Å². The molecule has 1 aromatic heterocycles. The molecule has 0 aliphatic carbocycles. The lowest BCUT2D eigenvalue weighted by Crippen LogP contribution is -2.38. The average molecular weight is 364 g/mol. The summed E-state index contributed by atoms with van der Waals surface area (Å²) in [6.45, 7) is 1.40. The fourth-order valence-electron chi connectivity index (χ4n) is 3.69. The summed E-state index contributed by atoms with van der Waals surface area (Å²) in [6, 6.07) is 16.4. The van der Waals surface area contributed by atoms with Crippen LogP contribution >= 0.6 is 0 Å². The van der Waals surface area contributed by atoms with Gasteiger partial charge in [-0.25, -0.2) is 0 Å². The molecule has 0 atom stereocenters. The first kappa shape index (κ1) is 17.3. The molecule has 0 bridgehead atoms. The Morgan fingerprint density at radius 2 is 1.85 bits per heavy atom. The second-order valence-electron chi connectivity index (χ2n) is 7.02. The third kappa shape index (κ3) is 3.69. The predicted octanol–water partition coefficient (Wildman–Crippen LogP) is 4.44. The summed E-state index contributed by atoms with van der Waals surface area (Å²) in [5.41, 5.74) is 1.81. The van der Waals surface area contributed by atoms with E-state index in [0.717, 1.165) is 19.3 Å². The van der Waals surface area contributed by atoms with Crippen LogP contribution in [-0.4, -0.2) is 28.8 Å². The number of carbonyl (C=O) groups excluding carboxylic acids is 1. The SMILES string of the molecule is O=C(c1cc2cc([N+](=O)[O-])ccc2o1)N1CCC(Cc2ccccc2)CC1. The van der Waals surface area contributed by atoms with E-state index in [1.165, 1.54) is 23.8 Å². The standard InChI is InChI=1S/C21H20N2O4/c24-21(20-14-17-13-18(23(25)26)6-7-19(17)27-20)22-10-8-16(9-11-22)12-15-4-2-1-3-5-15/h1-7,13-14,16H,8-12H2. The number of nitrogens with zero attached hydrogens (tertiary/aromatic N) is 2. The zero-order chi connectivity index (χ0) is 18.8. The zero-order valence-electron chi connectivity index (χ0n) is 14.8. The molecule has 1 saturated heterocycles. The summed E-state index contributed by atoms with van der Waals surface area (Å²) in [4.78, 5) is 25.0. The smallest absolute Gasteiger partial charge is 0.289 e. The Kier molecular flexibility index (Phi) is 4.62. The number of furan rings is 1. The predicted molar refractivity (Wildman–Crippen MR) is 102 cm³/mol. The van der Waals surface area contributed by atoms with Crippen molar-refractivity contribution in [2.45, 2.75) is 19.3 Å². The third-order valence-corrected chi connectivity index (χ3v) is 5.19. The summed E-state index contributed by atoms with van der Waals surface area (Å²) in [5.74, 6) is 0.675. The van der Waals surface area contributed by atoms with E-state index in [-0.39, 0.29) is 17.4 Å². The van der Waals surface area contributed by atoms with Gasteiger partial charge in [-0.05, 0) is 42.9 Å². The van der Waals surface area contributed by atoms with Gasteiger partial charge in [0.05, 0.1) is 4.92 Å². The first-order valence-corrected chi connectivity index (χ1v) is 9.11. The molecule has 2 aromatic carbocycles. The van der Waals surface area contributed by atoms with Crippen molar-refractivity contribution in [3.8, 4) is 0 Å². The minimum Gasteiger partial charge on any atom is -0.451 e. The van der Waals surface area contributed by atoms with Crippen LogP contribution in [-0.2, 0) is 6.42 Å². The van der Waals surface area contributed by atoms with Crippen LogP contribution in [0.25, 0.3) is 11.0 Å². The van der Waals surface area contributed by atoms with Crippen molar-refractivity contribution in [3.05, 3.63) is 76.0 Å². The van der Waals surface area contributed by atoms with Gasteiger partial charge in [-0.1, -0.05) is 30.3 Å². The van der Waals surface area contributed by atoms with Gasteiger partial charge in [0.15, 0.2) is 5.76 Å². The molecule has 1 aliphatic heterocycles. The van der Waals surface area contributed by atoms with Crippen molar-refractivity contribution in [1.29, 1.82) is 0 Å². The molecule has 0 N–H and O–H groups in total. The van der Waals surface area contributed by atoms with Crippen LogP contribution in [0.4, 0.5) is 5.69 Å². The highest BCUT2D eigenvalue weighted by Gasteiger charge is 2.26. The van der Waals surface area contributed by atoms with Crippen molar-refractivity contribution in [1.82, 2.24) is 4.90 Å². The summed E-state index contributed by atoms with van der Waals surface area (Å²) >= 11 is 0. The maximum Gasteiger partial charge on any atom is 0.289 e. The van der Waals surface area contributed by atoms with Gasteiger partial charge in [-0.3, -0.25) is 14.9 Å². The molecule has 4 rings (SSSR count). The van der Waals surface area contributed by atoms with Crippen LogP contribution in [0, 0.1) is 16.0 Å². The quantitative estimate of drug-likeness (QED) is 0.507. The van der Waals surface area contributed by atoms with Crippen LogP contribution in [0.5, 0.6) is 0 Å². The lowest BCUT2D eigenvalue weighted by molar-refractivity contribution is -0.384. The van der Waals surface area contributed by atoms with Gasteiger partial charge in [0.1, 0.15) is 5.58 Å². The second kappa shape index (κ2) is 7.23. The Morgan fingerprint density at radius 3 is 2.56 bits per heavy atom. The van der Waals surface area contributed by atoms with Gasteiger partial charge in [0.2, 0.25) is 0 Å². The maximum absolute atomic E-state index is 12.8. The van der Waals surface area contributed by atoms with Crippen LogP contribution in [0.2, 0.25) is 0 Å². The number of non-ortho nitro benzene ring substituents is 1. The Hall–Kier alpha value is -3.15. The molecule has 0 radical (unpaired) electrons. The largest absolute Gasteiger partial charge is 0.451 e. The van der Waals surface area contributed by atoms with E-state index in [2.05, 4.69) is 24.3 Å². The van der Waals surface area contributed by atoms with E-state index in [0.29, 0.717) is 30.0 Å². The van der Waals surface area contributed by atoms with E-state index in [1.807, 2.05) is 11.0 Å². The van der Waals surface area contributed by atoms with Gasteiger partial charge in [-0.2, -0.15) is 0 Å². The molecule has 1 amide bonds. The number of hydrogen-bond donors (Lipinski definition) is 0. The van der Waals surface area contributed by atoms with Crippen LogP contribution in [0.1, 0.15) is 29.0 Å². The molecule has 0 unspecified atom stereocenters. The highest BCUT2D eigenvalue weighted by molar-refractivity contribution is 5.96. The topological polar surface area (TPSA) is 76.6 Å². The number of rotatable bonds is 4. The normalized spacial score (nSPS) is 15.2. The van der Waals surface area contributed by atoms with E-state index < -0.39 is 4.92 Å². The third-order valence-electron chi connectivity index (χ3n) is 5.19. The molecule has 6 nitrogen and oxygen atoms in total. The highest BCUT2D eigenvalue weighted by atomic mass is 16.6. The summed E-state index contributed by atoms with van der Waals surface area (Å²) in [6.07, 6.45) is 2.97. The fourth-order valence-corrected chi connectivity index (χ4v) is 3.69. The van der Waals surface area contributed by atoms with Crippen LogP contribution in [0.15, 0.2) is 59.0 Å². The lowest BCUT2D eigenvalue weighted by Gasteiger charge is -2.31. The number of nitro groups is 1. The minimum atomic E-state index is -0.453. The van der Waals surface area contributed by atoms with Crippen molar-refractivity contribution >= 4 is 22.6 Å². The minimum absolute atomic E-state index is 0.0102. The zero-order valence-corrected chi connectivity index (χ0v) is 14.8. The van der Waals surface area contributed by atoms with E-state index in [4.69, 9.17) is 4.42 Å². The molecular formula is C21H20N2O4. The number of fused-ring (bicyclic) bond motifs is 1. The highest BCUT2D eigenvalue weighted by Crippen LogP contribution is 2.27.